The van der Waals surface area contributed by atoms with Crippen LogP contribution in [0.2, 0.25) is 10.0 Å². The zero-order valence-corrected chi connectivity index (χ0v) is 14.9. The largest absolute Gasteiger partial charge is 0.481 e. The number of halogens is 2. The summed E-state index contributed by atoms with van der Waals surface area (Å²) in [7, 11) is 0. The van der Waals surface area contributed by atoms with E-state index < -0.39 is 30.3 Å². The summed E-state index contributed by atoms with van der Waals surface area (Å²) < 4.78 is -0.0388. The minimum atomic E-state index is -1.58. The number of thiocarbonyl (C=S) groups is 1. The molecule has 1 fully saturated rings. The van der Waals surface area contributed by atoms with Gasteiger partial charge in [-0.15, -0.1) is 0 Å². The summed E-state index contributed by atoms with van der Waals surface area (Å²) in [6.07, 6.45) is 0.644. The maximum Gasteiger partial charge on any atom is 0.327 e. The first kappa shape index (κ1) is 18.7. The van der Waals surface area contributed by atoms with E-state index >= 15 is 0 Å². The third kappa shape index (κ3) is 3.89. The number of carboxylic acid groups (broad SMARTS) is 2. The zero-order valence-electron chi connectivity index (χ0n) is 11.7. The number of hydrogen-bond acceptors (Lipinski definition) is 5. The molecule has 1 atom stereocenters. The van der Waals surface area contributed by atoms with Crippen LogP contribution in [0.1, 0.15) is 12.0 Å². The maximum atomic E-state index is 12.5. The van der Waals surface area contributed by atoms with Crippen molar-refractivity contribution in [2.75, 3.05) is 0 Å². The van der Waals surface area contributed by atoms with Crippen molar-refractivity contribution in [3.8, 4) is 0 Å². The first-order chi connectivity index (χ1) is 11.2. The van der Waals surface area contributed by atoms with Crippen LogP contribution in [0.3, 0.4) is 0 Å². The lowest BCUT2D eigenvalue weighted by molar-refractivity contribution is -0.150. The summed E-state index contributed by atoms with van der Waals surface area (Å²) in [5, 5.41) is 18.7. The smallest absolute Gasteiger partial charge is 0.327 e. The van der Waals surface area contributed by atoms with E-state index in [1.54, 1.807) is 18.2 Å². The van der Waals surface area contributed by atoms with Gasteiger partial charge in [-0.2, -0.15) is 0 Å². The van der Waals surface area contributed by atoms with E-state index in [4.69, 9.17) is 40.5 Å². The first-order valence-electron chi connectivity index (χ1n) is 6.38. The van der Waals surface area contributed by atoms with Crippen molar-refractivity contribution in [1.29, 1.82) is 0 Å². The number of thioether (sulfide) groups is 1. The molecule has 0 spiro atoms. The lowest BCUT2D eigenvalue weighted by Gasteiger charge is -2.21. The summed E-state index contributed by atoms with van der Waals surface area (Å²) in [6, 6.07) is 3.23. The summed E-state index contributed by atoms with van der Waals surface area (Å²) in [5.74, 6) is -3.50. The van der Waals surface area contributed by atoms with Crippen molar-refractivity contribution in [3.05, 3.63) is 38.7 Å². The lowest BCUT2D eigenvalue weighted by atomic mass is 10.1. The highest BCUT2D eigenvalue weighted by molar-refractivity contribution is 8.26. The Labute approximate surface area is 156 Å². The van der Waals surface area contributed by atoms with Crippen LogP contribution in [0.25, 0.3) is 6.08 Å². The molecule has 24 heavy (non-hydrogen) atoms. The Morgan fingerprint density at radius 1 is 1.29 bits per heavy atom. The average molecular weight is 406 g/mol. The molecule has 0 aliphatic carbocycles. The minimum Gasteiger partial charge on any atom is -0.481 e. The quantitative estimate of drug-likeness (QED) is 0.573. The predicted molar refractivity (Wildman–Crippen MR) is 95.2 cm³/mol. The van der Waals surface area contributed by atoms with Crippen LogP contribution >= 0.6 is 47.2 Å². The molecule has 6 nitrogen and oxygen atoms in total. The highest BCUT2D eigenvalue weighted by Crippen LogP contribution is 2.37. The van der Waals surface area contributed by atoms with Crippen molar-refractivity contribution in [2.24, 2.45) is 0 Å². The normalized spacial score (nSPS) is 17.4. The first-order valence-corrected chi connectivity index (χ1v) is 8.36. The van der Waals surface area contributed by atoms with E-state index in [-0.39, 0.29) is 9.23 Å². The van der Waals surface area contributed by atoms with Crippen LogP contribution in [-0.2, 0) is 14.4 Å². The highest BCUT2D eigenvalue weighted by atomic mass is 35.5. The number of carbonyl (C=O) groups excluding carboxylic acids is 1. The van der Waals surface area contributed by atoms with Crippen LogP contribution in [0.5, 0.6) is 0 Å². The van der Waals surface area contributed by atoms with E-state index in [1.165, 1.54) is 6.08 Å². The second-order valence-electron chi connectivity index (χ2n) is 4.64. The SMILES string of the molecule is O=C(O)CC(C(=O)O)N1C(=O)/C(=C\c2c(Cl)cccc2Cl)SC1=S. The molecule has 1 aromatic rings. The second-order valence-corrected chi connectivity index (χ2v) is 7.13. The van der Waals surface area contributed by atoms with Crippen LogP contribution in [-0.4, -0.2) is 43.3 Å². The minimum absolute atomic E-state index is 0.0388. The topological polar surface area (TPSA) is 94.9 Å². The molecule has 1 amide bonds. The fraction of sp³-hybridized carbons (Fsp3) is 0.143. The summed E-state index contributed by atoms with van der Waals surface area (Å²) in [6.45, 7) is 0. The van der Waals surface area contributed by atoms with Crippen LogP contribution in [0, 0.1) is 0 Å². The molecule has 2 rings (SSSR count). The van der Waals surface area contributed by atoms with Gasteiger partial charge in [-0.05, 0) is 18.2 Å². The van der Waals surface area contributed by atoms with Gasteiger partial charge in [0.2, 0.25) is 0 Å². The predicted octanol–water partition coefficient (Wildman–Crippen LogP) is 3.12. The van der Waals surface area contributed by atoms with Crippen LogP contribution in [0.15, 0.2) is 23.1 Å². The third-order valence-corrected chi connectivity index (χ3v) is 5.05. The maximum absolute atomic E-state index is 12.5. The van der Waals surface area contributed by atoms with Gasteiger partial charge in [0.25, 0.3) is 5.91 Å². The number of amides is 1. The molecule has 1 unspecified atom stereocenters. The van der Waals surface area contributed by atoms with E-state index in [1.807, 2.05) is 0 Å². The second kappa shape index (κ2) is 7.52. The Morgan fingerprint density at radius 2 is 1.88 bits per heavy atom. The molecule has 2 N–H and O–H groups in total. The highest BCUT2D eigenvalue weighted by Gasteiger charge is 2.41. The Hall–Kier alpha value is -1.61. The van der Waals surface area contributed by atoms with Crippen molar-refractivity contribution in [2.45, 2.75) is 12.5 Å². The van der Waals surface area contributed by atoms with Gasteiger partial charge < -0.3 is 10.2 Å². The van der Waals surface area contributed by atoms with Gasteiger partial charge in [-0.1, -0.05) is 53.2 Å². The Kier molecular flexibility index (Phi) is 5.87. The molecular formula is C14H9Cl2NO5S2. The summed E-state index contributed by atoms with van der Waals surface area (Å²) in [4.78, 5) is 35.5. The number of aliphatic carboxylic acids is 2. The number of carbonyl (C=O) groups is 3. The molecule has 1 aliphatic rings. The van der Waals surface area contributed by atoms with Gasteiger partial charge in [0, 0.05) is 15.6 Å². The van der Waals surface area contributed by atoms with E-state index in [2.05, 4.69) is 0 Å². The summed E-state index contributed by atoms with van der Waals surface area (Å²) in [5.41, 5.74) is 0.395. The molecule has 10 heteroatoms. The van der Waals surface area contributed by atoms with Gasteiger partial charge in [-0.3, -0.25) is 14.5 Å². The van der Waals surface area contributed by atoms with Gasteiger partial charge in [-0.25, -0.2) is 4.79 Å². The van der Waals surface area contributed by atoms with Gasteiger partial charge in [0.1, 0.15) is 10.4 Å². The van der Waals surface area contributed by atoms with Crippen molar-refractivity contribution in [3.63, 3.8) is 0 Å². The molecular weight excluding hydrogens is 397 g/mol. The average Bonchev–Trinajstić information content (AvgIpc) is 2.75. The Bertz CT molecular complexity index is 760. The van der Waals surface area contributed by atoms with Gasteiger partial charge in [0.15, 0.2) is 0 Å². The van der Waals surface area contributed by atoms with Crippen LogP contribution < -0.4 is 0 Å². The van der Waals surface area contributed by atoms with Gasteiger partial charge in [0.05, 0.1) is 11.3 Å². The fourth-order valence-corrected chi connectivity index (χ4v) is 3.83. The summed E-state index contributed by atoms with van der Waals surface area (Å²) >= 11 is 18.0. The Balaban J connectivity index is 2.39. The molecule has 1 heterocycles. The number of hydrogen-bond donors (Lipinski definition) is 2. The van der Waals surface area contributed by atoms with Gasteiger partial charge >= 0.3 is 11.9 Å². The molecule has 1 saturated heterocycles. The van der Waals surface area contributed by atoms with E-state index in [9.17, 15) is 19.5 Å². The number of carboxylic acids is 2. The zero-order chi connectivity index (χ0) is 18.0. The number of rotatable bonds is 5. The van der Waals surface area contributed by atoms with E-state index in [0.29, 0.717) is 15.6 Å². The fourth-order valence-electron chi connectivity index (χ4n) is 1.98. The Morgan fingerprint density at radius 3 is 2.38 bits per heavy atom. The number of benzene rings is 1. The van der Waals surface area contributed by atoms with Crippen molar-refractivity contribution >= 4 is 75.4 Å². The molecule has 0 radical (unpaired) electrons. The third-order valence-electron chi connectivity index (χ3n) is 3.06. The van der Waals surface area contributed by atoms with E-state index in [0.717, 1.165) is 16.7 Å². The van der Waals surface area contributed by atoms with Crippen LogP contribution in [0.4, 0.5) is 0 Å². The monoisotopic (exact) mass is 405 g/mol. The van der Waals surface area contributed by atoms with Crippen molar-refractivity contribution in [1.82, 2.24) is 4.90 Å². The molecule has 126 valence electrons. The number of nitrogens with zero attached hydrogens (tertiary/aromatic N) is 1. The molecule has 0 saturated carbocycles. The molecule has 0 bridgehead atoms. The standard InChI is InChI=1S/C14H9Cl2NO5S2/c15-7-2-1-3-8(16)6(7)4-10-12(20)17(14(23)24-10)9(13(21)22)5-11(18)19/h1-4,9H,5H2,(H,18,19)(H,21,22)/b10-4+. The molecule has 0 aromatic heterocycles. The van der Waals surface area contributed by atoms with Crippen molar-refractivity contribution < 1.29 is 24.6 Å². The molecule has 1 aromatic carbocycles. The lowest BCUT2D eigenvalue weighted by Crippen LogP contribution is -2.45. The molecule has 1 aliphatic heterocycles.